The number of esters is 1. The first-order valence-corrected chi connectivity index (χ1v) is 9.45. The fraction of sp³-hybridized carbons (Fsp3) is 0.235. The molecule has 0 N–H and O–H groups in total. The molecule has 0 aliphatic carbocycles. The highest BCUT2D eigenvalue weighted by molar-refractivity contribution is 7.89. The maximum absolute atomic E-state index is 12.5. The molecule has 1 aliphatic rings. The first kappa shape index (κ1) is 17.9. The molecule has 1 aliphatic heterocycles. The maximum Gasteiger partial charge on any atom is 0.343 e. The van der Waals surface area contributed by atoms with Crippen LogP contribution in [0.1, 0.15) is 10.4 Å². The number of rotatable bonds is 4. The van der Waals surface area contributed by atoms with E-state index in [9.17, 15) is 13.2 Å². The van der Waals surface area contributed by atoms with Crippen LogP contribution < -0.4 is 4.74 Å². The summed E-state index contributed by atoms with van der Waals surface area (Å²) >= 11 is 5.95. The van der Waals surface area contributed by atoms with Gasteiger partial charge in [0.05, 0.1) is 28.7 Å². The van der Waals surface area contributed by atoms with Crippen molar-refractivity contribution in [1.82, 2.24) is 4.31 Å². The molecule has 6 nitrogen and oxygen atoms in total. The standard InChI is InChI=1S/C17H16ClNO5S/c18-15-3-1-2-4-16(15)24-17(20)13-5-7-14(8-6-13)25(21,22)19-9-11-23-12-10-19/h1-8H,9-12H2. The van der Waals surface area contributed by atoms with Crippen molar-refractivity contribution >= 4 is 27.6 Å². The average molecular weight is 382 g/mol. The van der Waals surface area contributed by atoms with E-state index in [-0.39, 0.29) is 16.2 Å². The van der Waals surface area contributed by atoms with Crippen LogP contribution in [0.25, 0.3) is 0 Å². The van der Waals surface area contributed by atoms with Crippen LogP contribution >= 0.6 is 11.6 Å². The summed E-state index contributed by atoms with van der Waals surface area (Å²) < 4.78 is 36.8. The zero-order valence-corrected chi connectivity index (χ0v) is 14.8. The van der Waals surface area contributed by atoms with Crippen molar-refractivity contribution in [2.75, 3.05) is 26.3 Å². The fourth-order valence-corrected chi connectivity index (χ4v) is 3.97. The number of carbonyl (C=O) groups is 1. The Balaban J connectivity index is 1.75. The highest BCUT2D eigenvalue weighted by Gasteiger charge is 2.26. The zero-order chi connectivity index (χ0) is 17.9. The third-order valence-electron chi connectivity index (χ3n) is 3.74. The molecule has 1 fully saturated rings. The van der Waals surface area contributed by atoms with Gasteiger partial charge >= 0.3 is 5.97 Å². The molecule has 0 amide bonds. The van der Waals surface area contributed by atoms with E-state index in [1.54, 1.807) is 24.3 Å². The highest BCUT2D eigenvalue weighted by atomic mass is 35.5. The van der Waals surface area contributed by atoms with Gasteiger partial charge < -0.3 is 9.47 Å². The molecular weight excluding hydrogens is 366 g/mol. The second-order valence-corrected chi connectivity index (χ2v) is 7.71. The van der Waals surface area contributed by atoms with Gasteiger partial charge in [-0.05, 0) is 36.4 Å². The van der Waals surface area contributed by atoms with Crippen molar-refractivity contribution < 1.29 is 22.7 Å². The highest BCUT2D eigenvalue weighted by Crippen LogP contribution is 2.24. The van der Waals surface area contributed by atoms with Gasteiger partial charge in [0, 0.05) is 13.1 Å². The SMILES string of the molecule is O=C(Oc1ccccc1Cl)c1ccc(S(=O)(=O)N2CCOCC2)cc1. The Bertz CT molecular complexity index is 861. The van der Waals surface area contributed by atoms with Crippen molar-refractivity contribution in [2.45, 2.75) is 4.90 Å². The lowest BCUT2D eigenvalue weighted by atomic mass is 10.2. The molecule has 8 heteroatoms. The van der Waals surface area contributed by atoms with E-state index in [0.29, 0.717) is 31.3 Å². The first-order chi connectivity index (χ1) is 12.0. The molecule has 2 aromatic carbocycles. The quantitative estimate of drug-likeness (QED) is 0.601. The van der Waals surface area contributed by atoms with E-state index in [2.05, 4.69) is 0 Å². The van der Waals surface area contributed by atoms with Crippen molar-refractivity contribution in [2.24, 2.45) is 0 Å². The van der Waals surface area contributed by atoms with Crippen LogP contribution in [-0.4, -0.2) is 45.0 Å². The lowest BCUT2D eigenvalue weighted by Crippen LogP contribution is -2.40. The van der Waals surface area contributed by atoms with E-state index in [0.717, 1.165) is 0 Å². The number of hydrogen-bond donors (Lipinski definition) is 0. The summed E-state index contributed by atoms with van der Waals surface area (Å²) in [6.07, 6.45) is 0. The van der Waals surface area contributed by atoms with Crippen LogP contribution in [0.15, 0.2) is 53.4 Å². The zero-order valence-electron chi connectivity index (χ0n) is 13.2. The molecule has 0 spiro atoms. The molecular formula is C17H16ClNO5S. The fourth-order valence-electron chi connectivity index (χ4n) is 2.39. The van der Waals surface area contributed by atoms with Crippen LogP contribution in [0.3, 0.4) is 0 Å². The molecule has 1 saturated heterocycles. The minimum atomic E-state index is -3.59. The number of nitrogens with zero attached hydrogens (tertiary/aromatic N) is 1. The topological polar surface area (TPSA) is 72.9 Å². The molecule has 2 aromatic rings. The van der Waals surface area contributed by atoms with Gasteiger partial charge in [0.1, 0.15) is 5.75 Å². The van der Waals surface area contributed by atoms with Gasteiger partial charge in [-0.2, -0.15) is 4.31 Å². The Morgan fingerprint density at radius 3 is 2.32 bits per heavy atom. The molecule has 0 bridgehead atoms. The number of ether oxygens (including phenoxy) is 2. The number of benzene rings is 2. The van der Waals surface area contributed by atoms with E-state index in [1.165, 1.54) is 28.6 Å². The smallest absolute Gasteiger partial charge is 0.343 e. The van der Waals surface area contributed by atoms with Gasteiger partial charge in [0.25, 0.3) is 0 Å². The molecule has 0 unspecified atom stereocenters. The molecule has 25 heavy (non-hydrogen) atoms. The van der Waals surface area contributed by atoms with Crippen molar-refractivity contribution in [1.29, 1.82) is 0 Å². The molecule has 0 atom stereocenters. The Morgan fingerprint density at radius 2 is 1.68 bits per heavy atom. The Labute approximate surface area is 151 Å². The largest absolute Gasteiger partial charge is 0.421 e. The Kier molecular flexibility index (Phi) is 5.39. The summed E-state index contributed by atoms with van der Waals surface area (Å²) in [7, 11) is -3.59. The third-order valence-corrected chi connectivity index (χ3v) is 5.96. The summed E-state index contributed by atoms with van der Waals surface area (Å²) in [5, 5.41) is 0.322. The number of sulfonamides is 1. The minimum absolute atomic E-state index is 0.128. The summed E-state index contributed by atoms with van der Waals surface area (Å²) in [6, 6.07) is 12.3. The predicted molar refractivity (Wildman–Crippen MR) is 92.4 cm³/mol. The number of morpholine rings is 1. The van der Waals surface area contributed by atoms with Crippen LogP contribution in [0.4, 0.5) is 0 Å². The Hall–Kier alpha value is -1.93. The lowest BCUT2D eigenvalue weighted by Gasteiger charge is -2.26. The average Bonchev–Trinajstić information content (AvgIpc) is 2.64. The van der Waals surface area contributed by atoms with Gasteiger partial charge in [-0.3, -0.25) is 0 Å². The summed E-state index contributed by atoms with van der Waals surface area (Å²) in [4.78, 5) is 12.3. The predicted octanol–water partition coefficient (Wildman–Crippen LogP) is 2.58. The Morgan fingerprint density at radius 1 is 1.04 bits per heavy atom. The molecule has 1 heterocycles. The summed E-state index contributed by atoms with van der Waals surface area (Å²) in [5.74, 6) is -0.359. The normalized spacial score (nSPS) is 15.7. The van der Waals surface area contributed by atoms with Crippen molar-refractivity contribution in [3.05, 3.63) is 59.1 Å². The second-order valence-electron chi connectivity index (χ2n) is 5.36. The van der Waals surface area contributed by atoms with Crippen LogP contribution in [0.2, 0.25) is 5.02 Å². The van der Waals surface area contributed by atoms with Gasteiger partial charge in [-0.1, -0.05) is 23.7 Å². The minimum Gasteiger partial charge on any atom is -0.421 e. The molecule has 0 saturated carbocycles. The second kappa shape index (κ2) is 7.53. The molecule has 0 aromatic heterocycles. The van der Waals surface area contributed by atoms with E-state index >= 15 is 0 Å². The van der Waals surface area contributed by atoms with E-state index < -0.39 is 16.0 Å². The third kappa shape index (κ3) is 4.01. The first-order valence-electron chi connectivity index (χ1n) is 7.63. The number of halogens is 1. The number of hydrogen-bond acceptors (Lipinski definition) is 5. The van der Waals surface area contributed by atoms with E-state index in [4.69, 9.17) is 21.1 Å². The lowest BCUT2D eigenvalue weighted by molar-refractivity contribution is 0.0730. The number of carbonyl (C=O) groups excluding carboxylic acids is 1. The van der Waals surface area contributed by atoms with Gasteiger partial charge in [-0.25, -0.2) is 13.2 Å². The van der Waals surface area contributed by atoms with Crippen LogP contribution in [0.5, 0.6) is 5.75 Å². The van der Waals surface area contributed by atoms with Crippen molar-refractivity contribution in [3.8, 4) is 5.75 Å². The monoisotopic (exact) mass is 381 g/mol. The summed E-state index contributed by atoms with van der Waals surface area (Å²) in [6.45, 7) is 1.39. The maximum atomic E-state index is 12.5. The molecule has 0 radical (unpaired) electrons. The van der Waals surface area contributed by atoms with Crippen LogP contribution in [0, 0.1) is 0 Å². The molecule has 132 valence electrons. The van der Waals surface area contributed by atoms with Crippen molar-refractivity contribution in [3.63, 3.8) is 0 Å². The van der Waals surface area contributed by atoms with Gasteiger partial charge in [0.15, 0.2) is 0 Å². The van der Waals surface area contributed by atoms with Gasteiger partial charge in [0.2, 0.25) is 10.0 Å². The van der Waals surface area contributed by atoms with Gasteiger partial charge in [-0.15, -0.1) is 0 Å². The molecule has 3 rings (SSSR count). The van der Waals surface area contributed by atoms with Crippen LogP contribution in [-0.2, 0) is 14.8 Å². The number of para-hydroxylation sites is 1. The summed E-state index contributed by atoms with van der Waals surface area (Å²) in [5.41, 5.74) is 0.237. The van der Waals surface area contributed by atoms with E-state index in [1.807, 2.05) is 0 Å².